The largest absolute Gasteiger partial charge is 0.323 e. The third kappa shape index (κ3) is 2.85. The van der Waals surface area contributed by atoms with Crippen molar-refractivity contribution in [3.63, 3.8) is 0 Å². The van der Waals surface area contributed by atoms with Crippen LogP contribution in [0.5, 0.6) is 0 Å². The first-order valence-electron chi connectivity index (χ1n) is 7.30. The first-order chi connectivity index (χ1) is 9.63. The maximum Gasteiger partial charge on any atom is 0.130 e. The van der Waals surface area contributed by atoms with Crippen LogP contribution in [0.3, 0.4) is 0 Å². The zero-order valence-electron chi connectivity index (χ0n) is 11.6. The van der Waals surface area contributed by atoms with Crippen LogP contribution >= 0.6 is 0 Å². The highest BCUT2D eigenvalue weighted by molar-refractivity contribution is 5.22. The van der Waals surface area contributed by atoms with Crippen LogP contribution in [0.1, 0.15) is 24.4 Å². The predicted octanol–water partition coefficient (Wildman–Crippen LogP) is 1.74. The van der Waals surface area contributed by atoms with Gasteiger partial charge in [-0.3, -0.25) is 9.80 Å². The van der Waals surface area contributed by atoms with E-state index in [4.69, 9.17) is 5.73 Å². The normalized spacial score (nSPS) is 25.6. The van der Waals surface area contributed by atoms with Crippen LogP contribution in [-0.4, -0.2) is 48.6 Å². The quantitative estimate of drug-likeness (QED) is 0.916. The standard InChI is InChI=1S/C15H21F2N3/c16-11-3-4-13(14(17)8-11)15(18)10-19-6-7-20-5-1-2-12(20)9-19/h3-4,8,12,15H,1-2,5-7,9-10,18H2. The number of fused-ring (bicyclic) bond motifs is 1. The number of halogens is 2. The van der Waals surface area contributed by atoms with Gasteiger partial charge in [-0.25, -0.2) is 8.78 Å². The minimum absolute atomic E-state index is 0.399. The van der Waals surface area contributed by atoms with E-state index in [2.05, 4.69) is 9.80 Å². The Bertz CT molecular complexity index is 480. The minimum atomic E-state index is -0.557. The Labute approximate surface area is 118 Å². The fourth-order valence-corrected chi connectivity index (χ4v) is 3.40. The summed E-state index contributed by atoms with van der Waals surface area (Å²) >= 11 is 0. The molecule has 2 saturated heterocycles. The van der Waals surface area contributed by atoms with Gasteiger partial charge in [-0.15, -0.1) is 0 Å². The SMILES string of the molecule is NC(CN1CCN2CCCC2C1)c1ccc(F)cc1F. The molecule has 3 nitrogen and oxygen atoms in total. The summed E-state index contributed by atoms with van der Waals surface area (Å²) in [5.41, 5.74) is 6.50. The van der Waals surface area contributed by atoms with E-state index in [-0.39, 0.29) is 0 Å². The first-order valence-corrected chi connectivity index (χ1v) is 7.30. The van der Waals surface area contributed by atoms with Crippen LogP contribution in [0.4, 0.5) is 8.78 Å². The average Bonchev–Trinajstić information content (AvgIpc) is 2.85. The van der Waals surface area contributed by atoms with E-state index in [0.29, 0.717) is 18.2 Å². The molecule has 1 aromatic carbocycles. The Morgan fingerprint density at radius 2 is 2.10 bits per heavy atom. The van der Waals surface area contributed by atoms with Crippen molar-refractivity contribution in [2.24, 2.45) is 5.73 Å². The molecule has 0 saturated carbocycles. The molecule has 2 heterocycles. The van der Waals surface area contributed by atoms with Crippen molar-refractivity contribution in [1.29, 1.82) is 0 Å². The molecule has 20 heavy (non-hydrogen) atoms. The summed E-state index contributed by atoms with van der Waals surface area (Å²) in [4.78, 5) is 4.83. The summed E-state index contributed by atoms with van der Waals surface area (Å²) in [5, 5.41) is 0. The lowest BCUT2D eigenvalue weighted by molar-refractivity contribution is 0.0995. The molecule has 0 aliphatic carbocycles. The van der Waals surface area contributed by atoms with Gasteiger partial charge in [0, 0.05) is 49.9 Å². The molecule has 3 rings (SSSR count). The molecule has 2 fully saturated rings. The topological polar surface area (TPSA) is 32.5 Å². The molecule has 2 N–H and O–H groups in total. The lowest BCUT2D eigenvalue weighted by atomic mass is 10.0. The Morgan fingerprint density at radius 1 is 1.25 bits per heavy atom. The summed E-state index contributed by atoms with van der Waals surface area (Å²) in [7, 11) is 0. The van der Waals surface area contributed by atoms with Crippen LogP contribution in [-0.2, 0) is 0 Å². The molecule has 2 unspecified atom stereocenters. The Balaban J connectivity index is 1.62. The molecule has 0 aromatic heterocycles. The number of piperazine rings is 1. The van der Waals surface area contributed by atoms with Gasteiger partial charge < -0.3 is 5.73 Å². The predicted molar refractivity (Wildman–Crippen MR) is 74.3 cm³/mol. The van der Waals surface area contributed by atoms with Gasteiger partial charge >= 0.3 is 0 Å². The second-order valence-electron chi connectivity index (χ2n) is 5.86. The number of hydrogen-bond donors (Lipinski definition) is 1. The molecule has 110 valence electrons. The second kappa shape index (κ2) is 5.76. The molecule has 2 atom stereocenters. The zero-order chi connectivity index (χ0) is 14.1. The summed E-state index contributed by atoms with van der Waals surface area (Å²) < 4.78 is 26.6. The summed E-state index contributed by atoms with van der Waals surface area (Å²) in [6.07, 6.45) is 2.52. The van der Waals surface area contributed by atoms with E-state index in [0.717, 1.165) is 25.7 Å². The van der Waals surface area contributed by atoms with Crippen LogP contribution in [0.2, 0.25) is 0 Å². The highest BCUT2D eigenvalue weighted by Gasteiger charge is 2.31. The minimum Gasteiger partial charge on any atom is -0.323 e. The van der Waals surface area contributed by atoms with Gasteiger partial charge in [0.05, 0.1) is 0 Å². The van der Waals surface area contributed by atoms with Crippen LogP contribution in [0.15, 0.2) is 18.2 Å². The fraction of sp³-hybridized carbons (Fsp3) is 0.600. The summed E-state index contributed by atoms with van der Waals surface area (Å²) in [5.74, 6) is -1.10. The smallest absolute Gasteiger partial charge is 0.130 e. The molecule has 2 aliphatic heterocycles. The highest BCUT2D eigenvalue weighted by atomic mass is 19.1. The fourth-order valence-electron chi connectivity index (χ4n) is 3.40. The number of hydrogen-bond acceptors (Lipinski definition) is 3. The van der Waals surface area contributed by atoms with Crippen molar-refractivity contribution in [2.75, 3.05) is 32.7 Å². The molecular formula is C15H21F2N3. The summed E-state index contributed by atoms with van der Waals surface area (Å²) in [6, 6.07) is 3.87. The average molecular weight is 281 g/mol. The van der Waals surface area contributed by atoms with Gasteiger partial charge in [-0.2, -0.15) is 0 Å². The second-order valence-corrected chi connectivity index (χ2v) is 5.86. The van der Waals surface area contributed by atoms with Gasteiger partial charge in [0.15, 0.2) is 0 Å². The van der Waals surface area contributed by atoms with Crippen molar-refractivity contribution in [2.45, 2.75) is 24.9 Å². The van der Waals surface area contributed by atoms with Crippen molar-refractivity contribution < 1.29 is 8.78 Å². The zero-order valence-corrected chi connectivity index (χ0v) is 11.6. The van der Waals surface area contributed by atoms with Crippen LogP contribution in [0.25, 0.3) is 0 Å². The molecule has 2 aliphatic rings. The lowest BCUT2D eigenvalue weighted by Gasteiger charge is -2.38. The summed E-state index contributed by atoms with van der Waals surface area (Å²) in [6.45, 7) is 4.90. The maximum absolute atomic E-state index is 13.7. The third-order valence-corrected chi connectivity index (χ3v) is 4.49. The van der Waals surface area contributed by atoms with Crippen molar-refractivity contribution >= 4 is 0 Å². The highest BCUT2D eigenvalue weighted by Crippen LogP contribution is 2.23. The van der Waals surface area contributed by atoms with Gasteiger partial charge in [0.2, 0.25) is 0 Å². The number of benzene rings is 1. The first kappa shape index (κ1) is 13.9. The molecule has 0 bridgehead atoms. The monoisotopic (exact) mass is 281 g/mol. The molecule has 0 spiro atoms. The van der Waals surface area contributed by atoms with Crippen LogP contribution in [0, 0.1) is 11.6 Å². The Morgan fingerprint density at radius 3 is 2.90 bits per heavy atom. The van der Waals surface area contributed by atoms with E-state index >= 15 is 0 Å². The van der Waals surface area contributed by atoms with Gasteiger partial charge in [-0.1, -0.05) is 6.07 Å². The van der Waals surface area contributed by atoms with Crippen molar-refractivity contribution in [1.82, 2.24) is 9.80 Å². The lowest BCUT2D eigenvalue weighted by Crippen LogP contribution is -2.51. The third-order valence-electron chi connectivity index (χ3n) is 4.49. The van der Waals surface area contributed by atoms with E-state index in [9.17, 15) is 8.78 Å². The maximum atomic E-state index is 13.7. The number of rotatable bonds is 3. The number of nitrogens with two attached hydrogens (primary N) is 1. The van der Waals surface area contributed by atoms with Crippen molar-refractivity contribution in [3.05, 3.63) is 35.4 Å². The van der Waals surface area contributed by atoms with Gasteiger partial charge in [0.1, 0.15) is 11.6 Å². The van der Waals surface area contributed by atoms with E-state index in [1.807, 2.05) is 0 Å². The molecule has 1 aromatic rings. The van der Waals surface area contributed by atoms with Gasteiger partial charge in [-0.05, 0) is 25.5 Å². The number of nitrogens with zero attached hydrogens (tertiary/aromatic N) is 2. The van der Waals surface area contributed by atoms with Crippen LogP contribution < -0.4 is 5.73 Å². The molecule has 0 radical (unpaired) electrons. The van der Waals surface area contributed by atoms with E-state index in [1.165, 1.54) is 31.5 Å². The Hall–Kier alpha value is -1.04. The molecule has 5 heteroatoms. The molecular weight excluding hydrogens is 260 g/mol. The van der Waals surface area contributed by atoms with E-state index < -0.39 is 17.7 Å². The van der Waals surface area contributed by atoms with Gasteiger partial charge in [0.25, 0.3) is 0 Å². The van der Waals surface area contributed by atoms with E-state index in [1.54, 1.807) is 0 Å². The molecule has 0 amide bonds. The van der Waals surface area contributed by atoms with Crippen molar-refractivity contribution in [3.8, 4) is 0 Å². The Kier molecular flexibility index (Phi) is 4.01.